The number of nitrogens with zero attached hydrogens (tertiary/aromatic N) is 2. The van der Waals surface area contributed by atoms with Crippen molar-refractivity contribution in [2.75, 3.05) is 5.73 Å². The van der Waals surface area contributed by atoms with Crippen LogP contribution in [-0.4, -0.2) is 57.4 Å². The minimum atomic E-state index is -5.82. The van der Waals surface area contributed by atoms with Crippen LogP contribution in [-0.2, 0) is 31.6 Å². The fourth-order valence-corrected chi connectivity index (χ4v) is 6.18. The lowest BCUT2D eigenvalue weighted by Gasteiger charge is -2.26. The van der Waals surface area contributed by atoms with E-state index in [0.29, 0.717) is 10.8 Å². The molecule has 1 aliphatic heterocycles. The lowest BCUT2D eigenvalue weighted by Crippen LogP contribution is -2.45. The highest BCUT2D eigenvalue weighted by molar-refractivity contribution is 7.66. The fraction of sp³-hybridized carbons (Fsp3) is 0.500. The van der Waals surface area contributed by atoms with Crippen molar-refractivity contribution in [3.63, 3.8) is 0 Å². The van der Waals surface area contributed by atoms with Crippen LogP contribution in [0.4, 0.5) is 10.2 Å². The molecular weight excluding hydrogens is 542 g/mol. The van der Waals surface area contributed by atoms with Gasteiger partial charge < -0.3 is 35.2 Å². The van der Waals surface area contributed by atoms with Gasteiger partial charge in [-0.2, -0.15) is 13.6 Å². The second kappa shape index (κ2) is 9.44. The third kappa shape index (κ3) is 6.47. The molecule has 2 heterocycles. The molecule has 0 aromatic carbocycles. The maximum Gasteiger partial charge on any atom is 0.490 e. The number of halogens is 2. The maximum absolute atomic E-state index is 13.8. The molecule has 16 nitrogen and oxygen atoms in total. The largest absolute Gasteiger partial charge is 0.490 e. The molecule has 0 radical (unpaired) electrons. The number of phosphoric ester groups is 1. The van der Waals surface area contributed by atoms with E-state index in [4.69, 9.17) is 38.3 Å². The zero-order valence-electron chi connectivity index (χ0n) is 16.0. The van der Waals surface area contributed by atoms with Gasteiger partial charge in [0.05, 0.1) is 12.3 Å². The van der Waals surface area contributed by atoms with Crippen LogP contribution in [0.25, 0.3) is 0 Å². The van der Waals surface area contributed by atoms with Crippen LogP contribution >= 0.6 is 35.1 Å². The lowest BCUT2D eigenvalue weighted by atomic mass is 9.97. The molecule has 0 spiro atoms. The van der Waals surface area contributed by atoms with Crippen molar-refractivity contribution in [3.8, 4) is 12.3 Å². The van der Waals surface area contributed by atoms with Gasteiger partial charge in [-0.3, -0.25) is 9.09 Å². The number of aromatic nitrogens is 2. The van der Waals surface area contributed by atoms with Crippen LogP contribution < -0.4 is 11.4 Å². The molecule has 186 valence electrons. The van der Waals surface area contributed by atoms with E-state index in [0.717, 1.165) is 6.92 Å². The van der Waals surface area contributed by atoms with Crippen LogP contribution in [0.3, 0.4) is 0 Å². The second-order valence-electron chi connectivity index (χ2n) is 6.38. The number of aliphatic hydroxyl groups excluding tert-OH is 1. The van der Waals surface area contributed by atoms with Gasteiger partial charge in [0.1, 0.15) is 12.2 Å². The topological polar surface area (TPSA) is 250 Å². The summed E-state index contributed by atoms with van der Waals surface area (Å²) in [6, 6.07) is 0. The number of hydrogen-bond donors (Lipinski definition) is 6. The van der Waals surface area contributed by atoms with Gasteiger partial charge in [-0.05, 0) is 6.92 Å². The van der Waals surface area contributed by atoms with Crippen LogP contribution in [0.5, 0.6) is 0 Å². The van der Waals surface area contributed by atoms with E-state index in [9.17, 15) is 37.8 Å². The number of nitrogens with two attached hydrogens (primary N) is 1. The number of hydrogen-bond acceptors (Lipinski definition) is 11. The summed E-state index contributed by atoms with van der Waals surface area (Å²) in [6.45, 7) is 0.965. The molecule has 7 atom stereocenters. The highest BCUT2D eigenvalue weighted by Gasteiger charge is 2.58. The van der Waals surface area contributed by atoms with Gasteiger partial charge in [-0.1, -0.05) is 17.5 Å². The molecule has 1 fully saturated rings. The molecule has 0 bridgehead atoms. The molecule has 1 aliphatic rings. The Hall–Kier alpha value is -1.21. The lowest BCUT2D eigenvalue weighted by molar-refractivity contribution is -0.0751. The van der Waals surface area contributed by atoms with Crippen molar-refractivity contribution in [1.29, 1.82) is 0 Å². The van der Waals surface area contributed by atoms with Crippen molar-refractivity contribution in [1.82, 2.24) is 9.55 Å². The smallest absolute Gasteiger partial charge is 0.387 e. The quantitative estimate of drug-likeness (QED) is 0.135. The molecule has 21 heteroatoms. The number of phosphoric acid groups is 3. The summed E-state index contributed by atoms with van der Waals surface area (Å²) in [6.07, 6.45) is -1.43. The monoisotopic (exact) mass is 557 g/mol. The molecule has 0 saturated carbocycles. The van der Waals surface area contributed by atoms with Gasteiger partial charge in [-0.25, -0.2) is 22.9 Å². The average Bonchev–Trinajstić information content (AvgIpc) is 2.87. The van der Waals surface area contributed by atoms with Crippen molar-refractivity contribution in [3.05, 3.63) is 22.5 Å². The molecule has 0 aliphatic carbocycles. The van der Waals surface area contributed by atoms with E-state index in [2.05, 4.69) is 18.1 Å². The summed E-state index contributed by atoms with van der Waals surface area (Å²) >= 11 is 6.20. The number of anilines is 1. The summed E-state index contributed by atoms with van der Waals surface area (Å²) in [5, 5.41) is 10.5. The van der Waals surface area contributed by atoms with Gasteiger partial charge in [0.15, 0.2) is 22.7 Å². The van der Waals surface area contributed by atoms with Gasteiger partial charge in [0.2, 0.25) is 0 Å². The highest BCUT2D eigenvalue weighted by Crippen LogP contribution is 2.66. The zero-order chi connectivity index (χ0) is 25.6. The van der Waals surface area contributed by atoms with Gasteiger partial charge in [-0.15, -0.1) is 6.42 Å². The van der Waals surface area contributed by atoms with Crippen LogP contribution in [0.2, 0.25) is 0 Å². The predicted molar refractivity (Wildman–Crippen MR) is 105 cm³/mol. The SMILES string of the molecule is C#CC1(Cl)[C@@H](O)[C@@H]([C@H](C)OP(=O)(O)OP(=O)(O)OP(=O)(O)O)O[C@H]1n1cc(F)c(N)nc1=O. The Labute approximate surface area is 188 Å². The van der Waals surface area contributed by atoms with Crippen molar-refractivity contribution in [2.45, 2.75) is 36.3 Å². The summed E-state index contributed by atoms with van der Waals surface area (Å²) in [7, 11) is -17.1. The number of alkyl halides is 1. The van der Waals surface area contributed by atoms with Crippen molar-refractivity contribution in [2.24, 2.45) is 0 Å². The van der Waals surface area contributed by atoms with Crippen molar-refractivity contribution < 1.29 is 60.6 Å². The fourth-order valence-electron chi connectivity index (χ4n) is 2.69. The van der Waals surface area contributed by atoms with Crippen molar-refractivity contribution >= 4 is 40.9 Å². The molecule has 33 heavy (non-hydrogen) atoms. The first kappa shape index (κ1) is 28.0. The van der Waals surface area contributed by atoms with E-state index in [1.807, 2.05) is 5.92 Å². The maximum atomic E-state index is 13.8. The summed E-state index contributed by atoms with van der Waals surface area (Å²) in [5.41, 5.74) is 4.00. The summed E-state index contributed by atoms with van der Waals surface area (Å²) in [5.74, 6) is 0.0224. The minimum Gasteiger partial charge on any atom is -0.387 e. The third-order valence-electron chi connectivity index (χ3n) is 3.97. The Morgan fingerprint density at radius 2 is 1.91 bits per heavy atom. The van der Waals surface area contributed by atoms with E-state index in [1.165, 1.54) is 0 Å². The molecule has 3 unspecified atom stereocenters. The molecule has 1 saturated heterocycles. The summed E-state index contributed by atoms with van der Waals surface area (Å²) < 4.78 is 65.5. The molecular formula is C12H16ClFN3O13P3. The average molecular weight is 558 g/mol. The van der Waals surface area contributed by atoms with E-state index in [1.54, 1.807) is 0 Å². The standard InChI is InChI=1S/C12H16ClFN3O13P3/c1-3-12(13)8(18)7(27-10(12)17-4-6(14)9(15)16-11(17)19)5(2)28-32(23,24)30-33(25,26)29-31(20,21)22/h1,4-5,7-8,10,18H,2H3,(H,23,24)(H,25,26)(H2,15,16,19)(H2,20,21,22)/t5-,7+,8-,10+,12?/m0/s1. The molecule has 1 aromatic rings. The van der Waals surface area contributed by atoms with Crippen LogP contribution in [0.15, 0.2) is 11.0 Å². The zero-order valence-corrected chi connectivity index (χ0v) is 19.5. The molecule has 7 N–H and O–H groups in total. The minimum absolute atomic E-state index is 0.458. The number of ether oxygens (including phenoxy) is 1. The van der Waals surface area contributed by atoms with Gasteiger partial charge in [0, 0.05) is 0 Å². The van der Waals surface area contributed by atoms with Gasteiger partial charge in [0.25, 0.3) is 0 Å². The Morgan fingerprint density at radius 3 is 2.42 bits per heavy atom. The summed E-state index contributed by atoms with van der Waals surface area (Å²) in [4.78, 5) is 48.9. The molecule has 2 rings (SSSR count). The Bertz CT molecular complexity index is 1170. The predicted octanol–water partition coefficient (Wildman–Crippen LogP) is -0.435. The van der Waals surface area contributed by atoms with E-state index < -0.39 is 70.2 Å². The van der Waals surface area contributed by atoms with Crippen LogP contribution in [0.1, 0.15) is 13.2 Å². The van der Waals surface area contributed by atoms with Crippen LogP contribution in [0, 0.1) is 18.2 Å². The number of terminal acetylenes is 1. The Balaban J connectivity index is 2.31. The van der Waals surface area contributed by atoms with Gasteiger partial charge >= 0.3 is 29.2 Å². The normalized spacial score (nSPS) is 30.2. The first-order valence-electron chi connectivity index (χ1n) is 8.18. The molecule has 0 amide bonds. The first-order chi connectivity index (χ1) is 14.8. The third-order valence-corrected chi connectivity index (χ3v) is 8.42. The Kier molecular flexibility index (Phi) is 8.02. The second-order valence-corrected chi connectivity index (χ2v) is 11.4. The number of aliphatic hydroxyl groups is 1. The highest BCUT2D eigenvalue weighted by atomic mass is 35.5. The first-order valence-corrected chi connectivity index (χ1v) is 13.1. The van der Waals surface area contributed by atoms with E-state index >= 15 is 0 Å². The molecule has 1 aromatic heterocycles. The number of nitrogen functional groups attached to an aromatic ring is 1. The Morgan fingerprint density at radius 1 is 1.33 bits per heavy atom. The number of rotatable bonds is 8. The van der Waals surface area contributed by atoms with E-state index in [-0.39, 0.29) is 0 Å².